The molecule has 1 aromatic carbocycles. The third-order valence-corrected chi connectivity index (χ3v) is 2.94. The van der Waals surface area contributed by atoms with Crippen LogP contribution >= 0.6 is 0 Å². The molecule has 5 nitrogen and oxygen atoms in total. The summed E-state index contributed by atoms with van der Waals surface area (Å²) in [4.78, 5) is 23.1. The first-order valence-electron chi connectivity index (χ1n) is 5.99. The van der Waals surface area contributed by atoms with Crippen LogP contribution in [0.25, 0.3) is 0 Å². The Morgan fingerprint density at radius 1 is 1.32 bits per heavy atom. The number of rotatable bonds is 6. The van der Waals surface area contributed by atoms with Crippen LogP contribution in [0.2, 0.25) is 0 Å². The van der Waals surface area contributed by atoms with Crippen LogP contribution in [-0.4, -0.2) is 35.7 Å². The zero-order chi connectivity index (χ0) is 14.5. The lowest BCUT2D eigenvalue weighted by Gasteiger charge is -2.24. The Morgan fingerprint density at radius 2 is 1.89 bits per heavy atom. The topological polar surface area (TPSA) is 75.6 Å². The Hall–Kier alpha value is -1.88. The van der Waals surface area contributed by atoms with E-state index in [2.05, 4.69) is 5.32 Å². The number of carboxylic acid groups (broad SMARTS) is 1. The van der Waals surface area contributed by atoms with Gasteiger partial charge in [-0.05, 0) is 19.4 Å². The van der Waals surface area contributed by atoms with Gasteiger partial charge in [0.2, 0.25) is 0 Å². The first-order valence-corrected chi connectivity index (χ1v) is 5.99. The summed E-state index contributed by atoms with van der Waals surface area (Å²) in [5, 5.41) is 11.7. The number of hydrogen-bond donors (Lipinski definition) is 2. The predicted octanol–water partition coefficient (Wildman–Crippen LogP) is 1.22. The molecule has 1 atom stereocenters. The highest BCUT2D eigenvalue weighted by Gasteiger charge is 2.31. The molecule has 0 aromatic heterocycles. The number of methoxy groups -OCH3 is 1. The second kappa shape index (κ2) is 6.33. The SMILES string of the molecule is COC(C)(C)C(=O)N[C@@H](Cc1ccccc1)C(=O)O. The fourth-order valence-electron chi connectivity index (χ4n) is 1.47. The summed E-state index contributed by atoms with van der Waals surface area (Å²) in [6, 6.07) is 8.19. The fourth-order valence-corrected chi connectivity index (χ4v) is 1.47. The van der Waals surface area contributed by atoms with Crippen LogP contribution in [-0.2, 0) is 20.7 Å². The van der Waals surface area contributed by atoms with Gasteiger partial charge in [0.05, 0.1) is 0 Å². The summed E-state index contributed by atoms with van der Waals surface area (Å²) in [7, 11) is 1.41. The molecule has 0 unspecified atom stereocenters. The number of benzene rings is 1. The van der Waals surface area contributed by atoms with E-state index in [0.29, 0.717) is 0 Å². The van der Waals surface area contributed by atoms with E-state index in [-0.39, 0.29) is 6.42 Å². The lowest BCUT2D eigenvalue weighted by Crippen LogP contribution is -2.51. The first kappa shape index (κ1) is 15.2. The van der Waals surface area contributed by atoms with Crippen molar-refractivity contribution in [3.8, 4) is 0 Å². The van der Waals surface area contributed by atoms with E-state index in [1.54, 1.807) is 13.8 Å². The Kier molecular flexibility index (Phi) is 5.06. The second-order valence-electron chi connectivity index (χ2n) is 4.77. The summed E-state index contributed by atoms with van der Waals surface area (Å²) in [5.74, 6) is -1.51. The summed E-state index contributed by atoms with van der Waals surface area (Å²) in [6.45, 7) is 3.17. The normalized spacial score (nSPS) is 12.8. The van der Waals surface area contributed by atoms with E-state index < -0.39 is 23.5 Å². The molecule has 0 aliphatic heterocycles. The maximum Gasteiger partial charge on any atom is 0.326 e. The van der Waals surface area contributed by atoms with Gasteiger partial charge in [-0.15, -0.1) is 0 Å². The number of ether oxygens (including phenoxy) is 1. The van der Waals surface area contributed by atoms with Gasteiger partial charge in [-0.1, -0.05) is 30.3 Å². The lowest BCUT2D eigenvalue weighted by molar-refractivity contribution is -0.147. The number of nitrogens with one attached hydrogen (secondary N) is 1. The van der Waals surface area contributed by atoms with Crippen molar-refractivity contribution in [2.75, 3.05) is 7.11 Å². The van der Waals surface area contributed by atoms with Gasteiger partial charge in [-0.25, -0.2) is 4.79 Å². The first-order chi connectivity index (χ1) is 8.86. The van der Waals surface area contributed by atoms with Crippen LogP contribution < -0.4 is 5.32 Å². The van der Waals surface area contributed by atoms with Crippen molar-refractivity contribution in [1.82, 2.24) is 5.32 Å². The molecule has 1 rings (SSSR count). The van der Waals surface area contributed by atoms with Gasteiger partial charge >= 0.3 is 5.97 Å². The van der Waals surface area contributed by atoms with Crippen molar-refractivity contribution < 1.29 is 19.4 Å². The fraction of sp³-hybridized carbons (Fsp3) is 0.429. The monoisotopic (exact) mass is 265 g/mol. The largest absolute Gasteiger partial charge is 0.480 e. The van der Waals surface area contributed by atoms with Crippen LogP contribution in [0.4, 0.5) is 0 Å². The molecule has 0 fully saturated rings. The third-order valence-electron chi connectivity index (χ3n) is 2.94. The number of carboxylic acids is 1. The molecule has 0 saturated carbocycles. The van der Waals surface area contributed by atoms with E-state index in [4.69, 9.17) is 9.84 Å². The summed E-state index contributed by atoms with van der Waals surface area (Å²) in [6.07, 6.45) is 0.238. The van der Waals surface area contributed by atoms with E-state index in [1.807, 2.05) is 30.3 Å². The quantitative estimate of drug-likeness (QED) is 0.811. The molecule has 19 heavy (non-hydrogen) atoms. The van der Waals surface area contributed by atoms with E-state index in [1.165, 1.54) is 7.11 Å². The minimum atomic E-state index is -1.07. The molecule has 1 aromatic rings. The Morgan fingerprint density at radius 3 is 2.37 bits per heavy atom. The Bertz CT molecular complexity index is 442. The number of amides is 1. The maximum atomic E-state index is 11.9. The molecule has 0 aliphatic carbocycles. The van der Waals surface area contributed by atoms with Gasteiger partial charge < -0.3 is 15.2 Å². The minimum Gasteiger partial charge on any atom is -0.480 e. The highest BCUT2D eigenvalue weighted by Crippen LogP contribution is 2.09. The molecule has 0 aliphatic rings. The van der Waals surface area contributed by atoms with Gasteiger partial charge in [0.1, 0.15) is 11.6 Å². The third kappa shape index (κ3) is 4.37. The van der Waals surface area contributed by atoms with Crippen LogP contribution in [0.3, 0.4) is 0 Å². The van der Waals surface area contributed by atoms with Gasteiger partial charge in [0.15, 0.2) is 0 Å². The second-order valence-corrected chi connectivity index (χ2v) is 4.77. The van der Waals surface area contributed by atoms with Crippen LogP contribution in [0.1, 0.15) is 19.4 Å². The molecule has 0 saturated heterocycles. The minimum absolute atomic E-state index is 0.238. The lowest BCUT2D eigenvalue weighted by atomic mass is 10.0. The van der Waals surface area contributed by atoms with Crippen molar-refractivity contribution >= 4 is 11.9 Å². The number of carbonyl (C=O) groups is 2. The van der Waals surface area contributed by atoms with E-state index in [0.717, 1.165) is 5.56 Å². The number of aliphatic carboxylic acids is 1. The molecule has 1 amide bonds. The molecular formula is C14H19NO4. The zero-order valence-electron chi connectivity index (χ0n) is 11.3. The highest BCUT2D eigenvalue weighted by atomic mass is 16.5. The van der Waals surface area contributed by atoms with Gasteiger partial charge in [0.25, 0.3) is 5.91 Å². The van der Waals surface area contributed by atoms with Crippen LogP contribution in [0, 0.1) is 0 Å². The van der Waals surface area contributed by atoms with Crippen molar-refractivity contribution in [2.24, 2.45) is 0 Å². The molecule has 0 bridgehead atoms. The number of hydrogen-bond acceptors (Lipinski definition) is 3. The summed E-state index contributed by atoms with van der Waals surface area (Å²) < 4.78 is 5.03. The van der Waals surface area contributed by atoms with Gasteiger partial charge in [-0.3, -0.25) is 4.79 Å². The average Bonchev–Trinajstić information content (AvgIpc) is 2.38. The summed E-state index contributed by atoms with van der Waals surface area (Å²) in [5.41, 5.74) is -0.199. The molecular weight excluding hydrogens is 246 g/mol. The molecule has 5 heteroatoms. The predicted molar refractivity (Wildman–Crippen MR) is 70.8 cm³/mol. The molecule has 104 valence electrons. The maximum absolute atomic E-state index is 11.9. The Labute approximate surface area is 112 Å². The Balaban J connectivity index is 2.75. The molecule has 2 N–H and O–H groups in total. The molecule has 0 radical (unpaired) electrons. The van der Waals surface area contributed by atoms with Gasteiger partial charge in [-0.2, -0.15) is 0 Å². The van der Waals surface area contributed by atoms with Crippen LogP contribution in [0.5, 0.6) is 0 Å². The van der Waals surface area contributed by atoms with E-state index in [9.17, 15) is 9.59 Å². The molecule has 0 spiro atoms. The smallest absolute Gasteiger partial charge is 0.326 e. The zero-order valence-corrected chi connectivity index (χ0v) is 11.3. The van der Waals surface area contributed by atoms with Crippen LogP contribution in [0.15, 0.2) is 30.3 Å². The van der Waals surface area contributed by atoms with Crippen molar-refractivity contribution in [3.05, 3.63) is 35.9 Å². The van der Waals surface area contributed by atoms with Gasteiger partial charge in [0, 0.05) is 13.5 Å². The van der Waals surface area contributed by atoms with Crippen molar-refractivity contribution in [1.29, 1.82) is 0 Å². The standard InChI is InChI=1S/C14H19NO4/c1-14(2,19-3)13(18)15-11(12(16)17)9-10-7-5-4-6-8-10/h4-8,11H,9H2,1-3H3,(H,15,18)(H,16,17)/t11-/m0/s1. The average molecular weight is 265 g/mol. The van der Waals surface area contributed by atoms with Crippen molar-refractivity contribution in [3.63, 3.8) is 0 Å². The van der Waals surface area contributed by atoms with E-state index >= 15 is 0 Å². The summed E-state index contributed by atoms with van der Waals surface area (Å²) >= 11 is 0. The molecule has 0 heterocycles. The highest BCUT2D eigenvalue weighted by molar-refractivity contribution is 5.88. The van der Waals surface area contributed by atoms with Crippen molar-refractivity contribution in [2.45, 2.75) is 31.9 Å². The number of carbonyl (C=O) groups excluding carboxylic acids is 1.